The molecule has 5 heterocycles. The summed E-state index contributed by atoms with van der Waals surface area (Å²) in [5.74, 6) is -1.53. The summed E-state index contributed by atoms with van der Waals surface area (Å²) in [6.45, 7) is 5.25. The highest BCUT2D eigenvalue weighted by atomic mass is 16.3. The fourth-order valence-electron chi connectivity index (χ4n) is 7.20. The molecule has 4 aliphatic rings. The number of phenolic OH excluding ortho intramolecular Hbond substituents is 1. The first-order valence-corrected chi connectivity index (χ1v) is 16.4. The minimum Gasteiger partial charge on any atom is -0.507 e. The summed E-state index contributed by atoms with van der Waals surface area (Å²) in [6.07, 6.45) is 0.227. The first-order chi connectivity index (χ1) is 23.7. The van der Waals surface area contributed by atoms with Gasteiger partial charge in [-0.15, -0.1) is 10.2 Å². The third-order valence-electron chi connectivity index (χ3n) is 10.0. The molecule has 13 heteroatoms. The van der Waals surface area contributed by atoms with Crippen LogP contribution in [0.15, 0.2) is 72.8 Å². The number of piperazine rings is 1. The van der Waals surface area contributed by atoms with E-state index in [1.165, 1.54) is 0 Å². The van der Waals surface area contributed by atoms with Gasteiger partial charge in [-0.2, -0.15) is 0 Å². The van der Waals surface area contributed by atoms with E-state index in [2.05, 4.69) is 42.3 Å². The molecule has 0 aliphatic carbocycles. The number of nitrogens with zero attached hydrogens (tertiary/aromatic N) is 6. The predicted octanol–water partition coefficient (Wildman–Crippen LogP) is 2.51. The van der Waals surface area contributed by atoms with Crippen LogP contribution in [-0.2, 0) is 9.59 Å². The zero-order chi connectivity index (χ0) is 33.8. The molecule has 4 amide bonds. The molecule has 4 aliphatic heterocycles. The number of carbonyl (C=O) groups excluding carboxylic acids is 4. The van der Waals surface area contributed by atoms with E-state index in [4.69, 9.17) is 5.73 Å². The van der Waals surface area contributed by atoms with Crippen LogP contribution in [0.2, 0.25) is 0 Å². The highest BCUT2D eigenvalue weighted by Gasteiger charge is 2.45. The molecule has 8 rings (SSSR count). The third kappa shape index (κ3) is 5.41. The first-order valence-electron chi connectivity index (χ1n) is 16.4. The van der Waals surface area contributed by atoms with E-state index in [0.29, 0.717) is 28.7 Å². The summed E-state index contributed by atoms with van der Waals surface area (Å²) in [6, 6.07) is 21.8. The van der Waals surface area contributed by atoms with Gasteiger partial charge < -0.3 is 20.6 Å². The Labute approximate surface area is 281 Å². The topological polar surface area (TPSA) is 165 Å². The van der Waals surface area contributed by atoms with Gasteiger partial charge >= 0.3 is 0 Å². The minimum absolute atomic E-state index is 0.0915. The number of rotatable bonds is 6. The van der Waals surface area contributed by atoms with Gasteiger partial charge in [0, 0.05) is 74.2 Å². The third-order valence-corrected chi connectivity index (χ3v) is 10.0. The average molecular weight is 659 g/mol. The highest BCUT2D eigenvalue weighted by Crippen LogP contribution is 2.35. The molecule has 1 atom stereocenters. The van der Waals surface area contributed by atoms with Gasteiger partial charge in [-0.25, -0.2) is 0 Å². The number of nitrogens with two attached hydrogens (primary N) is 1. The summed E-state index contributed by atoms with van der Waals surface area (Å²) in [5, 5.41) is 20.8. The predicted molar refractivity (Wildman–Crippen MR) is 182 cm³/mol. The Morgan fingerprint density at radius 2 is 1.45 bits per heavy atom. The normalized spacial score (nSPS) is 20.0. The molecule has 1 unspecified atom stereocenters. The smallest absolute Gasteiger partial charge is 0.262 e. The molecule has 0 saturated carbocycles. The van der Waals surface area contributed by atoms with Gasteiger partial charge in [-0.05, 0) is 60.5 Å². The number of para-hydroxylation sites is 1. The lowest BCUT2D eigenvalue weighted by molar-refractivity contribution is -0.136. The van der Waals surface area contributed by atoms with Crippen LogP contribution < -0.4 is 20.9 Å². The van der Waals surface area contributed by atoms with E-state index in [-0.39, 0.29) is 24.2 Å². The van der Waals surface area contributed by atoms with Crippen molar-refractivity contribution >= 4 is 40.8 Å². The monoisotopic (exact) mass is 658 g/mol. The molecule has 4 N–H and O–H groups in total. The number of imide groups is 2. The summed E-state index contributed by atoms with van der Waals surface area (Å²) >= 11 is 0. The summed E-state index contributed by atoms with van der Waals surface area (Å²) in [4.78, 5) is 58.3. The SMILES string of the molecule is Nc1nnc(-c2ccccc2O)cc1-c1ccc(N2CCN(C3CN(c4ccc5c(c4)C(=O)N(C4CCC(=O)NC4=O)C5=O)C3)CC2)cc1. The van der Waals surface area contributed by atoms with Crippen LogP contribution in [0.5, 0.6) is 5.75 Å². The highest BCUT2D eigenvalue weighted by molar-refractivity contribution is 6.23. The van der Waals surface area contributed by atoms with Gasteiger partial charge in [0.15, 0.2) is 5.82 Å². The van der Waals surface area contributed by atoms with Crippen molar-refractivity contribution in [3.8, 4) is 28.1 Å². The fourth-order valence-corrected chi connectivity index (χ4v) is 7.20. The van der Waals surface area contributed by atoms with Gasteiger partial charge in [0.1, 0.15) is 11.8 Å². The Kier molecular flexibility index (Phi) is 7.48. The average Bonchev–Trinajstić information content (AvgIpc) is 3.33. The van der Waals surface area contributed by atoms with Crippen LogP contribution in [0.1, 0.15) is 33.6 Å². The van der Waals surface area contributed by atoms with Crippen molar-refractivity contribution < 1.29 is 24.3 Å². The van der Waals surface area contributed by atoms with Gasteiger partial charge in [0.25, 0.3) is 11.8 Å². The Morgan fingerprint density at radius 1 is 0.735 bits per heavy atom. The number of nitrogen functional groups attached to an aromatic ring is 1. The number of aromatic hydroxyl groups is 1. The van der Waals surface area contributed by atoms with Gasteiger partial charge in [0.05, 0.1) is 16.8 Å². The quantitative estimate of drug-likeness (QED) is 0.261. The number of anilines is 3. The fraction of sp³-hybridized carbons (Fsp3) is 0.278. The zero-order valence-electron chi connectivity index (χ0n) is 26.6. The maximum Gasteiger partial charge on any atom is 0.262 e. The maximum absolute atomic E-state index is 13.2. The Balaban J connectivity index is 0.870. The molecule has 3 fully saturated rings. The number of carbonyl (C=O) groups is 4. The number of benzene rings is 3. The molecule has 0 radical (unpaired) electrons. The maximum atomic E-state index is 13.2. The number of piperidine rings is 1. The van der Waals surface area contributed by atoms with E-state index in [1.54, 1.807) is 30.3 Å². The molecule has 0 spiro atoms. The number of hydrogen-bond acceptors (Lipinski definition) is 11. The molecule has 3 saturated heterocycles. The lowest BCUT2D eigenvalue weighted by atomic mass is 10.0. The molecule has 248 valence electrons. The minimum atomic E-state index is -0.972. The van der Waals surface area contributed by atoms with Crippen molar-refractivity contribution in [2.75, 3.05) is 54.8 Å². The van der Waals surface area contributed by atoms with Crippen molar-refractivity contribution in [1.82, 2.24) is 25.3 Å². The van der Waals surface area contributed by atoms with Crippen molar-refractivity contribution in [3.05, 3.63) is 83.9 Å². The lowest BCUT2D eigenvalue weighted by Crippen LogP contribution is -2.63. The second-order valence-corrected chi connectivity index (χ2v) is 12.9. The standard InChI is InChI=1S/C36H34N8O5/c37-33-27(18-29(39-40-33)26-3-1-2-4-31(26)45)21-5-7-22(8-6-21)41-13-15-42(16-14-41)24-19-43(20-24)23-9-10-25-28(17-23)36(49)44(35(25)48)30-11-12-32(46)38-34(30)47/h1-10,17-18,24,30,45H,11-16,19-20H2,(H2,37,40)(H,38,46,47). The van der Waals surface area contributed by atoms with Crippen molar-refractivity contribution in [3.63, 3.8) is 0 Å². The van der Waals surface area contributed by atoms with Crippen LogP contribution in [0, 0.1) is 0 Å². The van der Waals surface area contributed by atoms with E-state index in [0.717, 1.165) is 66.7 Å². The molecule has 0 bridgehead atoms. The summed E-state index contributed by atoms with van der Waals surface area (Å²) < 4.78 is 0. The summed E-state index contributed by atoms with van der Waals surface area (Å²) in [5.41, 5.74) is 11.6. The molecular weight excluding hydrogens is 624 g/mol. The van der Waals surface area contributed by atoms with Crippen LogP contribution >= 0.6 is 0 Å². The second kappa shape index (κ2) is 12.0. The van der Waals surface area contributed by atoms with E-state index >= 15 is 0 Å². The largest absolute Gasteiger partial charge is 0.507 e. The molecular formula is C36H34N8O5. The number of amides is 4. The number of hydrogen-bond donors (Lipinski definition) is 3. The number of aromatic nitrogens is 2. The van der Waals surface area contributed by atoms with Crippen molar-refractivity contribution in [1.29, 1.82) is 0 Å². The Hall–Kier alpha value is -5.82. The Morgan fingerprint density at radius 3 is 2.18 bits per heavy atom. The second-order valence-electron chi connectivity index (χ2n) is 12.9. The van der Waals surface area contributed by atoms with Crippen molar-refractivity contribution in [2.45, 2.75) is 24.9 Å². The van der Waals surface area contributed by atoms with Crippen LogP contribution in [0.3, 0.4) is 0 Å². The molecule has 13 nitrogen and oxygen atoms in total. The molecule has 4 aromatic rings. The Bertz CT molecular complexity index is 2000. The summed E-state index contributed by atoms with van der Waals surface area (Å²) in [7, 11) is 0. The molecule has 1 aromatic heterocycles. The van der Waals surface area contributed by atoms with Crippen LogP contribution in [0.4, 0.5) is 17.2 Å². The van der Waals surface area contributed by atoms with Gasteiger partial charge in [-0.1, -0.05) is 24.3 Å². The van der Waals surface area contributed by atoms with E-state index < -0.39 is 29.7 Å². The zero-order valence-corrected chi connectivity index (χ0v) is 26.6. The van der Waals surface area contributed by atoms with Crippen LogP contribution in [0.25, 0.3) is 22.4 Å². The van der Waals surface area contributed by atoms with Gasteiger partial charge in [-0.3, -0.25) is 34.3 Å². The van der Waals surface area contributed by atoms with E-state index in [1.807, 2.05) is 30.3 Å². The van der Waals surface area contributed by atoms with Gasteiger partial charge in [0.2, 0.25) is 11.8 Å². The number of fused-ring (bicyclic) bond motifs is 1. The van der Waals surface area contributed by atoms with Crippen molar-refractivity contribution in [2.24, 2.45) is 0 Å². The first kappa shape index (κ1) is 30.5. The molecule has 49 heavy (non-hydrogen) atoms. The van der Waals surface area contributed by atoms with Crippen LogP contribution in [-0.4, -0.2) is 100 Å². The number of nitrogens with one attached hydrogen (secondary N) is 1. The molecule has 3 aromatic carbocycles. The van der Waals surface area contributed by atoms with E-state index in [9.17, 15) is 24.3 Å². The number of phenols is 1. The lowest BCUT2D eigenvalue weighted by Gasteiger charge is -2.49.